The number of carbonyl (C=O) groups is 1. The zero-order valence-electron chi connectivity index (χ0n) is 14.1. The van der Waals surface area contributed by atoms with Gasteiger partial charge in [0.1, 0.15) is 0 Å². The summed E-state index contributed by atoms with van der Waals surface area (Å²) in [6.07, 6.45) is 2.54. The van der Waals surface area contributed by atoms with E-state index in [1.807, 2.05) is 13.1 Å². The molecule has 0 heterocycles. The molecule has 124 valence electrons. The molecule has 0 radical (unpaired) electrons. The van der Waals surface area contributed by atoms with Gasteiger partial charge in [-0.15, -0.1) is 0 Å². The number of rotatable bonds is 7. The molecule has 1 unspecified atom stereocenters. The van der Waals surface area contributed by atoms with Gasteiger partial charge in [0.15, 0.2) is 14.2 Å². The van der Waals surface area contributed by atoms with Gasteiger partial charge in [0.2, 0.25) is 0 Å². The Morgan fingerprint density at radius 2 is 1.62 bits per heavy atom. The van der Waals surface area contributed by atoms with Crippen molar-refractivity contribution in [2.45, 2.75) is 44.7 Å². The second-order valence-electron chi connectivity index (χ2n) is 6.06. The van der Waals surface area contributed by atoms with Gasteiger partial charge in [0.25, 0.3) is 0 Å². The fourth-order valence-electron chi connectivity index (χ4n) is 1.20. The van der Waals surface area contributed by atoms with Crippen molar-refractivity contribution >= 4 is 21.9 Å². The molecular formula is C13H27O6PSi. The zero-order chi connectivity index (χ0) is 16.9. The van der Waals surface area contributed by atoms with Crippen molar-refractivity contribution in [2.75, 3.05) is 21.3 Å². The highest BCUT2D eigenvalue weighted by molar-refractivity contribution is 7.54. The van der Waals surface area contributed by atoms with Crippen LogP contribution < -0.4 is 0 Å². The highest BCUT2D eigenvalue weighted by Gasteiger charge is 2.44. The Balaban J connectivity index is 5.49. The van der Waals surface area contributed by atoms with Gasteiger partial charge in [0, 0.05) is 20.3 Å². The average Bonchev–Trinajstić information content (AvgIpc) is 2.40. The van der Waals surface area contributed by atoms with E-state index in [4.69, 9.17) is 13.5 Å². The second kappa shape index (κ2) is 7.69. The Morgan fingerprint density at radius 3 is 1.95 bits per heavy atom. The number of esters is 1. The van der Waals surface area contributed by atoms with E-state index < -0.39 is 27.7 Å². The Morgan fingerprint density at radius 1 is 1.14 bits per heavy atom. The van der Waals surface area contributed by atoms with Crippen LogP contribution in [0.2, 0.25) is 18.1 Å². The molecule has 0 aromatic carbocycles. The summed E-state index contributed by atoms with van der Waals surface area (Å²) in [7, 11) is -1.89. The Bertz CT molecular complexity index is 419. The monoisotopic (exact) mass is 338 g/mol. The van der Waals surface area contributed by atoms with Gasteiger partial charge in [-0.25, -0.2) is 4.79 Å². The lowest BCUT2D eigenvalue weighted by Gasteiger charge is -2.39. The summed E-state index contributed by atoms with van der Waals surface area (Å²) in [6.45, 7) is 10.2. The number of hydrogen-bond donors (Lipinski definition) is 0. The van der Waals surface area contributed by atoms with E-state index in [2.05, 4.69) is 25.5 Å². The van der Waals surface area contributed by atoms with Crippen molar-refractivity contribution in [3.8, 4) is 0 Å². The van der Waals surface area contributed by atoms with Crippen molar-refractivity contribution in [3.05, 3.63) is 12.2 Å². The van der Waals surface area contributed by atoms with Crippen LogP contribution in [0.25, 0.3) is 0 Å². The summed E-state index contributed by atoms with van der Waals surface area (Å²) in [5.74, 6) is -1.51. The van der Waals surface area contributed by atoms with Crippen LogP contribution in [0, 0.1) is 0 Å². The third kappa shape index (κ3) is 5.68. The molecule has 0 aromatic rings. The first-order valence-electron chi connectivity index (χ1n) is 6.58. The van der Waals surface area contributed by atoms with Crippen molar-refractivity contribution in [1.29, 1.82) is 0 Å². The lowest BCUT2D eigenvalue weighted by Crippen LogP contribution is -2.43. The number of ether oxygens (including phenoxy) is 1. The van der Waals surface area contributed by atoms with Crippen LogP contribution in [-0.2, 0) is 27.6 Å². The molecule has 0 saturated carbocycles. The van der Waals surface area contributed by atoms with Crippen molar-refractivity contribution in [3.63, 3.8) is 0 Å². The summed E-state index contributed by atoms with van der Waals surface area (Å²) in [5.41, 5.74) is 0. The highest BCUT2D eigenvalue weighted by atomic mass is 31.2. The van der Waals surface area contributed by atoms with E-state index in [-0.39, 0.29) is 5.04 Å². The Labute approximate surface area is 128 Å². The number of hydrogen-bond acceptors (Lipinski definition) is 6. The van der Waals surface area contributed by atoms with E-state index >= 15 is 0 Å². The van der Waals surface area contributed by atoms with Crippen molar-refractivity contribution in [1.82, 2.24) is 0 Å². The van der Waals surface area contributed by atoms with E-state index in [0.29, 0.717) is 0 Å². The van der Waals surface area contributed by atoms with Gasteiger partial charge >= 0.3 is 13.6 Å². The highest BCUT2D eigenvalue weighted by Crippen LogP contribution is 2.54. The van der Waals surface area contributed by atoms with E-state index in [0.717, 1.165) is 0 Å². The quantitative estimate of drug-likeness (QED) is 0.306. The minimum absolute atomic E-state index is 0.0866. The second-order valence-corrected chi connectivity index (χ2v) is 13.1. The van der Waals surface area contributed by atoms with Crippen LogP contribution in [0.5, 0.6) is 0 Å². The van der Waals surface area contributed by atoms with Crippen molar-refractivity contribution in [2.24, 2.45) is 0 Å². The molecule has 1 atom stereocenters. The lowest BCUT2D eigenvalue weighted by molar-refractivity contribution is -0.134. The molecular weight excluding hydrogens is 311 g/mol. The van der Waals surface area contributed by atoms with Gasteiger partial charge in [-0.05, 0) is 24.2 Å². The van der Waals surface area contributed by atoms with E-state index in [1.165, 1.54) is 33.5 Å². The topological polar surface area (TPSA) is 71.1 Å². The molecule has 0 spiro atoms. The smallest absolute Gasteiger partial charge is 0.361 e. The third-order valence-electron chi connectivity index (χ3n) is 3.64. The first kappa shape index (κ1) is 20.5. The maximum absolute atomic E-state index is 12.6. The van der Waals surface area contributed by atoms with Crippen LogP contribution in [-0.4, -0.2) is 41.5 Å². The SMILES string of the molecule is COC(=O)/C=C/C(O[Si](C)(C)C(C)(C)C)P(=O)(OC)OC. The Kier molecular flexibility index (Phi) is 7.53. The van der Waals surface area contributed by atoms with Gasteiger partial charge in [0.05, 0.1) is 7.11 Å². The normalized spacial score (nSPS) is 15.2. The number of methoxy groups -OCH3 is 1. The molecule has 0 rings (SSSR count). The molecule has 8 heteroatoms. The van der Waals surface area contributed by atoms with Crippen LogP contribution in [0.1, 0.15) is 20.8 Å². The maximum Gasteiger partial charge on any atom is 0.361 e. The summed E-state index contributed by atoms with van der Waals surface area (Å²) in [5, 5.41) is -0.0866. The summed E-state index contributed by atoms with van der Waals surface area (Å²) < 4.78 is 33.2. The standard InChI is InChI=1S/C13H27O6PSi/c1-13(2,3)21(7,8)19-12(10-9-11(14)16-4)20(15,17-5)18-6/h9-10,12H,1-8H3/b10-9+. The predicted molar refractivity (Wildman–Crippen MR) is 84.9 cm³/mol. The Hall–Kier alpha value is -0.463. The fraction of sp³-hybridized carbons (Fsp3) is 0.769. The van der Waals surface area contributed by atoms with Gasteiger partial charge in [-0.1, -0.05) is 20.8 Å². The molecule has 0 aliphatic heterocycles. The molecule has 21 heavy (non-hydrogen) atoms. The van der Waals surface area contributed by atoms with Gasteiger partial charge in [-0.3, -0.25) is 4.57 Å². The average molecular weight is 338 g/mol. The molecule has 0 aliphatic rings. The first-order valence-corrected chi connectivity index (χ1v) is 11.1. The summed E-state index contributed by atoms with van der Waals surface area (Å²) >= 11 is 0. The van der Waals surface area contributed by atoms with Gasteiger partial charge in [-0.2, -0.15) is 0 Å². The molecule has 0 fully saturated rings. The van der Waals surface area contributed by atoms with Crippen LogP contribution in [0.15, 0.2) is 12.2 Å². The third-order valence-corrected chi connectivity index (χ3v) is 10.2. The van der Waals surface area contributed by atoms with Crippen LogP contribution >= 0.6 is 7.60 Å². The molecule has 0 bridgehead atoms. The fourth-order valence-corrected chi connectivity index (χ4v) is 4.40. The minimum atomic E-state index is -3.51. The molecule has 0 aliphatic carbocycles. The first-order chi connectivity index (χ1) is 9.43. The number of carbonyl (C=O) groups excluding carboxylic acids is 1. The minimum Gasteiger partial charge on any atom is -0.466 e. The molecule has 0 aromatic heterocycles. The molecule has 0 saturated heterocycles. The maximum atomic E-state index is 12.6. The largest absolute Gasteiger partial charge is 0.466 e. The zero-order valence-corrected chi connectivity index (χ0v) is 16.0. The van der Waals surface area contributed by atoms with Crippen LogP contribution in [0.3, 0.4) is 0 Å². The molecule has 0 amide bonds. The lowest BCUT2D eigenvalue weighted by atomic mass is 10.2. The van der Waals surface area contributed by atoms with Crippen molar-refractivity contribution < 1.29 is 27.6 Å². The summed E-state index contributed by atoms with van der Waals surface area (Å²) in [4.78, 5) is 11.3. The predicted octanol–water partition coefficient (Wildman–Crippen LogP) is 3.55. The van der Waals surface area contributed by atoms with E-state index in [9.17, 15) is 9.36 Å². The van der Waals surface area contributed by atoms with E-state index in [1.54, 1.807) is 0 Å². The van der Waals surface area contributed by atoms with Gasteiger partial charge < -0.3 is 18.2 Å². The summed E-state index contributed by atoms with van der Waals surface area (Å²) in [6, 6.07) is 0. The molecule has 6 nitrogen and oxygen atoms in total. The van der Waals surface area contributed by atoms with Crippen LogP contribution in [0.4, 0.5) is 0 Å². The molecule has 0 N–H and O–H groups in total.